The first-order valence-corrected chi connectivity index (χ1v) is 5.83. The molecule has 0 saturated carbocycles. The minimum absolute atomic E-state index is 0. The third-order valence-corrected chi connectivity index (χ3v) is 2.48. The third kappa shape index (κ3) is 10.7. The average molecular weight is 377 g/mol. The van der Waals surface area contributed by atoms with E-state index in [1.54, 1.807) is 0 Å². The number of H-pyrrole nitrogens is 1. The predicted molar refractivity (Wildman–Crippen MR) is 63.1 cm³/mol. The molecule has 118 valence electrons. The van der Waals surface area contributed by atoms with Gasteiger partial charge in [-0.05, 0) is 12.1 Å². The van der Waals surface area contributed by atoms with Crippen LogP contribution in [-0.4, -0.2) is 44.0 Å². The zero-order chi connectivity index (χ0) is 16.8. The maximum atomic E-state index is 10.1. The predicted octanol–water partition coefficient (Wildman–Crippen LogP) is -13.3. The van der Waals surface area contributed by atoms with Crippen LogP contribution in [0.2, 0.25) is 0 Å². The van der Waals surface area contributed by atoms with E-state index in [1.165, 1.54) is 0 Å². The Labute approximate surface area is 208 Å². The van der Waals surface area contributed by atoms with Gasteiger partial charge in [-0.1, -0.05) is 12.1 Å². The summed E-state index contributed by atoms with van der Waals surface area (Å²) in [6, 6.07) is 7.70. The zero-order valence-electron chi connectivity index (χ0n) is 14.0. The smallest absolute Gasteiger partial charge is 0.550 e. The number of fused-ring (bicyclic) bond motifs is 1. The van der Waals surface area contributed by atoms with Gasteiger partial charge in [-0.2, -0.15) is 15.4 Å². The summed E-state index contributed by atoms with van der Waals surface area (Å²) in [6.07, 6.45) is -2.72. The fourth-order valence-corrected chi connectivity index (χ4v) is 1.47. The number of para-hydroxylation sites is 2. The van der Waals surface area contributed by atoms with E-state index in [2.05, 4.69) is 15.4 Å². The molecule has 0 radical (unpaired) electrons. The summed E-state index contributed by atoms with van der Waals surface area (Å²) < 4.78 is 0. The topological polar surface area (TPSA) is 182 Å². The van der Waals surface area contributed by atoms with Crippen LogP contribution in [0.15, 0.2) is 24.3 Å². The van der Waals surface area contributed by atoms with Crippen molar-refractivity contribution in [1.82, 2.24) is 15.4 Å². The molecule has 25 heavy (non-hydrogen) atoms. The Bertz CT molecular complexity index is 649. The number of aromatic nitrogens is 3. The first-order chi connectivity index (χ1) is 10.2. The molecule has 0 bridgehead atoms. The maximum absolute atomic E-state index is 10.1. The summed E-state index contributed by atoms with van der Waals surface area (Å²) in [4.78, 5) is 30.0. The standard InChI is InChI=1S/C6H5N3.C6H8O7.3Na/c1-2-4-6-5(3-1)7-9-8-6;7-3(8)1-6(13,5(11)12)2-4(9)10;;;/h1-4H,(H,7,8,9);13H,1-2H2,(H,7,8)(H,9,10)(H,11,12);;;/q;;3*+1/p-3. The number of carboxylic acid groups (broad SMARTS) is 3. The summed E-state index contributed by atoms with van der Waals surface area (Å²) in [5.74, 6) is -5.98. The normalized spacial score (nSPS) is 9.32. The number of nitrogens with zero attached hydrogens (tertiary/aromatic N) is 2. The van der Waals surface area contributed by atoms with Crippen molar-refractivity contribution in [3.05, 3.63) is 24.3 Å². The maximum Gasteiger partial charge on any atom is 1.00 e. The Morgan fingerprint density at radius 1 is 0.920 bits per heavy atom. The van der Waals surface area contributed by atoms with E-state index >= 15 is 0 Å². The number of carboxylic acids is 3. The van der Waals surface area contributed by atoms with E-state index in [9.17, 15) is 29.7 Å². The zero-order valence-corrected chi connectivity index (χ0v) is 20.0. The van der Waals surface area contributed by atoms with E-state index < -0.39 is 36.4 Å². The van der Waals surface area contributed by atoms with Gasteiger partial charge in [-0.15, -0.1) is 0 Å². The van der Waals surface area contributed by atoms with Crippen LogP contribution in [0, 0.1) is 0 Å². The number of carbonyl (C=O) groups excluding carboxylic acids is 3. The van der Waals surface area contributed by atoms with E-state index in [-0.39, 0.29) is 88.7 Å². The molecule has 0 aliphatic rings. The summed E-state index contributed by atoms with van der Waals surface area (Å²) in [5, 5.41) is 49.2. The van der Waals surface area contributed by atoms with E-state index in [0.717, 1.165) is 11.0 Å². The Hall–Kier alpha value is -0.01000. The van der Waals surface area contributed by atoms with Crippen molar-refractivity contribution in [2.45, 2.75) is 18.4 Å². The molecule has 1 aromatic carbocycles. The quantitative estimate of drug-likeness (QED) is 0.478. The SMILES string of the molecule is O=C([O-])CC(O)(CC(=O)[O-])C(=O)[O-].[Na+].[Na+].[Na+].c1ccc2n[nH]nc2c1. The van der Waals surface area contributed by atoms with Gasteiger partial charge in [0.15, 0.2) is 0 Å². The van der Waals surface area contributed by atoms with Crippen molar-refractivity contribution in [3.8, 4) is 0 Å². The number of aliphatic carboxylic acids is 3. The van der Waals surface area contributed by atoms with E-state index in [4.69, 9.17) is 5.11 Å². The van der Waals surface area contributed by atoms with Gasteiger partial charge < -0.3 is 34.8 Å². The first-order valence-electron chi connectivity index (χ1n) is 5.83. The van der Waals surface area contributed by atoms with Crippen LogP contribution in [0.3, 0.4) is 0 Å². The van der Waals surface area contributed by atoms with Gasteiger partial charge in [-0.3, -0.25) is 0 Å². The molecule has 0 fully saturated rings. The number of hydrogen-bond donors (Lipinski definition) is 2. The van der Waals surface area contributed by atoms with Crippen molar-refractivity contribution in [2.24, 2.45) is 0 Å². The molecule has 2 aromatic rings. The monoisotopic (exact) mass is 377 g/mol. The second kappa shape index (κ2) is 14.1. The molecular weight excluding hydrogens is 367 g/mol. The Balaban J connectivity index is -0.000000357. The number of benzene rings is 1. The van der Waals surface area contributed by atoms with Gasteiger partial charge >= 0.3 is 88.7 Å². The second-order valence-electron chi connectivity index (χ2n) is 4.23. The number of hydrogen-bond acceptors (Lipinski definition) is 9. The van der Waals surface area contributed by atoms with Crippen molar-refractivity contribution in [2.75, 3.05) is 0 Å². The first kappa shape index (κ1) is 29.7. The molecule has 0 spiro atoms. The van der Waals surface area contributed by atoms with Crippen molar-refractivity contribution < 1.29 is 123 Å². The van der Waals surface area contributed by atoms with Crippen LogP contribution < -0.4 is 104 Å². The molecule has 2 rings (SSSR count). The minimum Gasteiger partial charge on any atom is -0.550 e. The molecule has 0 atom stereocenters. The molecule has 1 heterocycles. The largest absolute Gasteiger partial charge is 1.00 e. The molecule has 0 amide bonds. The van der Waals surface area contributed by atoms with Gasteiger partial charge in [0.2, 0.25) is 0 Å². The third-order valence-electron chi connectivity index (χ3n) is 2.48. The number of aromatic amines is 1. The molecule has 1 aromatic heterocycles. The van der Waals surface area contributed by atoms with E-state index in [1.807, 2.05) is 24.3 Å². The molecule has 10 nitrogen and oxygen atoms in total. The number of aliphatic hydroxyl groups is 1. The van der Waals surface area contributed by atoms with Gasteiger partial charge in [-0.25, -0.2) is 0 Å². The summed E-state index contributed by atoms with van der Waals surface area (Å²) >= 11 is 0. The molecule has 0 aliphatic carbocycles. The van der Waals surface area contributed by atoms with Gasteiger partial charge in [0.25, 0.3) is 0 Å². The van der Waals surface area contributed by atoms with Crippen LogP contribution in [0.4, 0.5) is 0 Å². The summed E-state index contributed by atoms with van der Waals surface area (Å²) in [7, 11) is 0. The van der Waals surface area contributed by atoms with E-state index in [0.29, 0.717) is 0 Å². The van der Waals surface area contributed by atoms with Crippen LogP contribution in [0.5, 0.6) is 0 Å². The van der Waals surface area contributed by atoms with Crippen LogP contribution in [0.1, 0.15) is 12.8 Å². The fourth-order valence-electron chi connectivity index (χ4n) is 1.47. The molecule has 13 heteroatoms. The minimum atomic E-state index is -2.97. The van der Waals surface area contributed by atoms with Crippen LogP contribution >= 0.6 is 0 Å². The van der Waals surface area contributed by atoms with Crippen molar-refractivity contribution in [3.63, 3.8) is 0 Å². The summed E-state index contributed by atoms with van der Waals surface area (Å²) in [6.45, 7) is 0. The molecule has 2 N–H and O–H groups in total. The number of carbonyl (C=O) groups is 3. The molecular formula is C12H10N3Na3O7. The second-order valence-corrected chi connectivity index (χ2v) is 4.23. The Kier molecular flexibility index (Phi) is 16.8. The summed E-state index contributed by atoms with van der Waals surface area (Å²) in [5.41, 5.74) is -1.15. The van der Waals surface area contributed by atoms with Crippen LogP contribution in [-0.2, 0) is 14.4 Å². The van der Waals surface area contributed by atoms with Crippen molar-refractivity contribution in [1.29, 1.82) is 0 Å². The molecule has 0 saturated heterocycles. The number of nitrogens with one attached hydrogen (secondary N) is 1. The average Bonchev–Trinajstić information content (AvgIpc) is 2.85. The van der Waals surface area contributed by atoms with Gasteiger partial charge in [0.1, 0.15) is 16.6 Å². The Morgan fingerprint density at radius 3 is 1.56 bits per heavy atom. The van der Waals surface area contributed by atoms with Crippen LogP contribution in [0.25, 0.3) is 11.0 Å². The Morgan fingerprint density at radius 2 is 1.28 bits per heavy atom. The molecule has 0 aliphatic heterocycles. The fraction of sp³-hybridized carbons (Fsp3) is 0.250. The molecule has 0 unspecified atom stereocenters. The van der Waals surface area contributed by atoms with Gasteiger partial charge in [0, 0.05) is 24.8 Å². The van der Waals surface area contributed by atoms with Crippen molar-refractivity contribution >= 4 is 28.9 Å². The number of rotatable bonds is 5. The van der Waals surface area contributed by atoms with Gasteiger partial charge in [0.05, 0.1) is 5.97 Å².